The molecule has 1 atom stereocenters. The van der Waals surface area contributed by atoms with E-state index in [0.717, 1.165) is 27.1 Å². The Balaban J connectivity index is 1.98. The Morgan fingerprint density at radius 3 is 2.65 bits per heavy atom. The van der Waals surface area contributed by atoms with Crippen LogP contribution in [0.25, 0.3) is 11.4 Å². The van der Waals surface area contributed by atoms with Crippen molar-refractivity contribution >= 4 is 51.6 Å². The summed E-state index contributed by atoms with van der Waals surface area (Å²) in [6, 6.07) is 13.7. The van der Waals surface area contributed by atoms with Crippen molar-refractivity contribution in [2.45, 2.75) is 26.3 Å². The van der Waals surface area contributed by atoms with E-state index >= 15 is 0 Å². The van der Waals surface area contributed by atoms with Crippen molar-refractivity contribution in [3.8, 4) is 11.4 Å². The largest absolute Gasteiger partial charge is 0.352 e. The minimum atomic E-state index is 0.267. The Morgan fingerprint density at radius 1 is 1.12 bits per heavy atom. The van der Waals surface area contributed by atoms with Gasteiger partial charge in [0, 0.05) is 21.9 Å². The lowest BCUT2D eigenvalue weighted by molar-refractivity contribution is 0.753. The van der Waals surface area contributed by atoms with Crippen LogP contribution in [0.2, 0.25) is 5.02 Å². The summed E-state index contributed by atoms with van der Waals surface area (Å²) in [6.45, 7) is 4.21. The highest BCUT2D eigenvalue weighted by molar-refractivity contribution is 14.1. The molecule has 3 rings (SSSR count). The topological polar surface area (TPSA) is 62.7 Å². The molecule has 0 saturated carbocycles. The van der Waals surface area contributed by atoms with E-state index in [1.54, 1.807) is 6.20 Å². The Labute approximate surface area is 171 Å². The van der Waals surface area contributed by atoms with Gasteiger partial charge in [-0.3, -0.25) is 4.98 Å². The molecule has 1 aromatic carbocycles. The number of hydrogen-bond donors (Lipinski definition) is 2. The van der Waals surface area contributed by atoms with Crippen LogP contribution in [0.1, 0.15) is 20.3 Å². The van der Waals surface area contributed by atoms with Crippen molar-refractivity contribution in [3.05, 3.63) is 57.3 Å². The molecule has 134 valence electrons. The standard InChI is InChI=1S/C19H19ClIN5/c1-3-12(2)23-19-25-17(16-6-4-5-9-22-16)11-18(26-19)24-15-8-7-13(21)10-14(15)20/h4-12H,3H2,1-2H3,(H2,23,24,25,26)/t12-/m0/s1. The lowest BCUT2D eigenvalue weighted by Crippen LogP contribution is -2.16. The van der Waals surface area contributed by atoms with E-state index in [0.29, 0.717) is 16.8 Å². The van der Waals surface area contributed by atoms with E-state index in [4.69, 9.17) is 11.6 Å². The van der Waals surface area contributed by atoms with Gasteiger partial charge in [-0.05, 0) is 66.3 Å². The number of benzene rings is 1. The summed E-state index contributed by atoms with van der Waals surface area (Å²) in [6.07, 6.45) is 2.73. The molecule has 0 saturated heterocycles. The Kier molecular flexibility index (Phi) is 6.26. The third-order valence-electron chi connectivity index (χ3n) is 3.84. The van der Waals surface area contributed by atoms with Crippen molar-refractivity contribution in [1.29, 1.82) is 0 Å². The van der Waals surface area contributed by atoms with E-state index in [-0.39, 0.29) is 6.04 Å². The molecule has 0 unspecified atom stereocenters. The van der Waals surface area contributed by atoms with Crippen molar-refractivity contribution in [2.75, 3.05) is 10.6 Å². The van der Waals surface area contributed by atoms with Gasteiger partial charge in [-0.1, -0.05) is 24.6 Å². The maximum absolute atomic E-state index is 6.34. The average Bonchev–Trinajstić information content (AvgIpc) is 2.64. The van der Waals surface area contributed by atoms with Gasteiger partial charge in [0.2, 0.25) is 5.95 Å². The molecule has 0 bridgehead atoms. The van der Waals surface area contributed by atoms with Crippen molar-refractivity contribution in [2.24, 2.45) is 0 Å². The predicted molar refractivity (Wildman–Crippen MR) is 116 cm³/mol. The van der Waals surface area contributed by atoms with Crippen LogP contribution in [0.5, 0.6) is 0 Å². The van der Waals surface area contributed by atoms with Crippen LogP contribution in [0.15, 0.2) is 48.7 Å². The summed E-state index contributed by atoms with van der Waals surface area (Å²) in [5, 5.41) is 7.26. The van der Waals surface area contributed by atoms with E-state index in [9.17, 15) is 0 Å². The van der Waals surface area contributed by atoms with Gasteiger partial charge in [0.25, 0.3) is 0 Å². The number of nitrogens with one attached hydrogen (secondary N) is 2. The second-order valence-corrected chi connectivity index (χ2v) is 7.53. The molecule has 3 aromatic rings. The molecule has 2 N–H and O–H groups in total. The normalized spacial score (nSPS) is 11.8. The molecule has 0 aliphatic carbocycles. The molecule has 2 heterocycles. The molecule has 5 nitrogen and oxygen atoms in total. The van der Waals surface area contributed by atoms with Crippen LogP contribution >= 0.6 is 34.2 Å². The lowest BCUT2D eigenvalue weighted by atomic mass is 10.2. The molecular formula is C19H19ClIN5. The van der Waals surface area contributed by atoms with E-state index in [2.05, 4.69) is 62.0 Å². The third kappa shape index (κ3) is 4.82. The van der Waals surface area contributed by atoms with E-state index in [1.807, 2.05) is 42.5 Å². The van der Waals surface area contributed by atoms with Gasteiger partial charge < -0.3 is 10.6 Å². The first-order valence-electron chi connectivity index (χ1n) is 8.34. The van der Waals surface area contributed by atoms with Gasteiger partial charge in [-0.25, -0.2) is 4.98 Å². The molecule has 0 spiro atoms. The molecular weight excluding hydrogens is 461 g/mol. The highest BCUT2D eigenvalue weighted by atomic mass is 127. The second-order valence-electron chi connectivity index (χ2n) is 5.88. The van der Waals surface area contributed by atoms with Crippen LogP contribution < -0.4 is 10.6 Å². The first-order valence-corrected chi connectivity index (χ1v) is 9.80. The van der Waals surface area contributed by atoms with Crippen LogP contribution in [-0.4, -0.2) is 21.0 Å². The quantitative estimate of drug-likeness (QED) is 0.441. The smallest absolute Gasteiger partial charge is 0.225 e. The molecule has 2 aromatic heterocycles. The van der Waals surface area contributed by atoms with E-state index in [1.165, 1.54) is 0 Å². The number of rotatable bonds is 6. The number of nitrogens with zero attached hydrogens (tertiary/aromatic N) is 3. The zero-order valence-electron chi connectivity index (χ0n) is 14.5. The van der Waals surface area contributed by atoms with Crippen molar-refractivity contribution < 1.29 is 0 Å². The van der Waals surface area contributed by atoms with Gasteiger partial charge in [-0.2, -0.15) is 4.98 Å². The van der Waals surface area contributed by atoms with E-state index < -0.39 is 0 Å². The third-order valence-corrected chi connectivity index (χ3v) is 4.82. The fourth-order valence-corrected chi connectivity index (χ4v) is 3.18. The fourth-order valence-electron chi connectivity index (χ4n) is 2.27. The van der Waals surface area contributed by atoms with Gasteiger partial charge in [0.05, 0.1) is 22.1 Å². The maximum atomic E-state index is 6.34. The van der Waals surface area contributed by atoms with Gasteiger partial charge in [-0.15, -0.1) is 0 Å². The number of hydrogen-bond acceptors (Lipinski definition) is 5. The zero-order chi connectivity index (χ0) is 18.5. The molecule has 7 heteroatoms. The summed E-state index contributed by atoms with van der Waals surface area (Å²) < 4.78 is 1.08. The Morgan fingerprint density at radius 2 is 1.96 bits per heavy atom. The Hall–Kier alpha value is -1.93. The minimum absolute atomic E-state index is 0.267. The highest BCUT2D eigenvalue weighted by Gasteiger charge is 2.11. The number of anilines is 3. The van der Waals surface area contributed by atoms with Crippen LogP contribution in [-0.2, 0) is 0 Å². The average molecular weight is 480 g/mol. The summed E-state index contributed by atoms with van der Waals surface area (Å²) in [7, 11) is 0. The Bertz CT molecular complexity index is 888. The van der Waals surface area contributed by atoms with Gasteiger partial charge >= 0.3 is 0 Å². The monoisotopic (exact) mass is 479 g/mol. The van der Waals surface area contributed by atoms with Crippen LogP contribution in [0.4, 0.5) is 17.5 Å². The number of pyridine rings is 1. The van der Waals surface area contributed by atoms with Crippen molar-refractivity contribution in [1.82, 2.24) is 15.0 Å². The molecule has 26 heavy (non-hydrogen) atoms. The molecule has 0 aliphatic rings. The first-order chi connectivity index (χ1) is 12.5. The zero-order valence-corrected chi connectivity index (χ0v) is 17.4. The number of halogens is 2. The summed E-state index contributed by atoms with van der Waals surface area (Å²) >= 11 is 8.58. The molecule has 0 amide bonds. The van der Waals surface area contributed by atoms with Gasteiger partial charge in [0.15, 0.2) is 0 Å². The SMILES string of the molecule is CC[C@H](C)Nc1nc(Nc2ccc(I)cc2Cl)cc(-c2ccccn2)n1. The van der Waals surface area contributed by atoms with Gasteiger partial charge in [0.1, 0.15) is 5.82 Å². The number of aromatic nitrogens is 3. The minimum Gasteiger partial charge on any atom is -0.352 e. The van der Waals surface area contributed by atoms with Crippen molar-refractivity contribution in [3.63, 3.8) is 0 Å². The lowest BCUT2D eigenvalue weighted by Gasteiger charge is -2.15. The maximum Gasteiger partial charge on any atom is 0.225 e. The summed E-state index contributed by atoms with van der Waals surface area (Å²) in [4.78, 5) is 13.6. The summed E-state index contributed by atoms with van der Waals surface area (Å²) in [5.74, 6) is 1.22. The van der Waals surface area contributed by atoms with Crippen LogP contribution in [0, 0.1) is 3.57 Å². The first kappa shape index (κ1) is 18.8. The highest BCUT2D eigenvalue weighted by Crippen LogP contribution is 2.28. The molecule has 0 fully saturated rings. The molecule has 0 aliphatic heterocycles. The predicted octanol–water partition coefficient (Wildman–Crippen LogP) is 5.75. The van der Waals surface area contributed by atoms with Crippen LogP contribution in [0.3, 0.4) is 0 Å². The second kappa shape index (κ2) is 8.64. The molecule has 0 radical (unpaired) electrons. The summed E-state index contributed by atoms with van der Waals surface area (Å²) in [5.41, 5.74) is 2.33. The fraction of sp³-hybridized carbons (Fsp3) is 0.211.